The van der Waals surface area contributed by atoms with E-state index in [9.17, 15) is 9.59 Å². The maximum atomic E-state index is 12.7. The molecule has 2 aromatic rings. The fourth-order valence-corrected chi connectivity index (χ4v) is 3.61. The number of rotatable bonds is 4. The van der Waals surface area contributed by atoms with E-state index >= 15 is 0 Å². The Morgan fingerprint density at radius 1 is 1.27 bits per heavy atom. The van der Waals surface area contributed by atoms with Crippen LogP contribution in [0, 0.1) is 5.41 Å². The van der Waals surface area contributed by atoms with Crippen molar-refractivity contribution in [3.63, 3.8) is 0 Å². The van der Waals surface area contributed by atoms with Gasteiger partial charge < -0.3 is 14.8 Å². The molecule has 1 fully saturated rings. The number of carbonyl (C=O) groups excluding carboxylic acids is 2. The van der Waals surface area contributed by atoms with Crippen LogP contribution in [-0.2, 0) is 22.7 Å². The number of para-hydroxylation sites is 2. The first-order valence-electron chi connectivity index (χ1n) is 9.36. The van der Waals surface area contributed by atoms with Crippen molar-refractivity contribution >= 4 is 22.8 Å². The fourth-order valence-electron chi connectivity index (χ4n) is 3.61. The SMILES string of the molecule is CCn1c(CNC(=O)C2CCCN2C(=O)C(C)(C)C)nc2ccccc21. The van der Waals surface area contributed by atoms with Crippen LogP contribution in [0.2, 0.25) is 0 Å². The molecule has 6 heteroatoms. The minimum Gasteiger partial charge on any atom is -0.347 e. The molecule has 1 N–H and O–H groups in total. The number of amides is 2. The molecule has 26 heavy (non-hydrogen) atoms. The van der Waals surface area contributed by atoms with E-state index in [0.29, 0.717) is 13.1 Å². The molecule has 1 atom stereocenters. The molecule has 1 unspecified atom stereocenters. The molecule has 6 nitrogen and oxygen atoms in total. The van der Waals surface area contributed by atoms with Gasteiger partial charge in [-0.25, -0.2) is 4.98 Å². The minimum atomic E-state index is -0.473. The summed E-state index contributed by atoms with van der Waals surface area (Å²) in [6.07, 6.45) is 1.59. The largest absolute Gasteiger partial charge is 0.347 e. The second kappa shape index (κ2) is 7.09. The van der Waals surface area contributed by atoms with E-state index in [1.807, 2.05) is 45.0 Å². The zero-order chi connectivity index (χ0) is 18.9. The van der Waals surface area contributed by atoms with E-state index in [2.05, 4.69) is 21.8 Å². The molecule has 3 rings (SSSR count). The summed E-state index contributed by atoms with van der Waals surface area (Å²) in [5.74, 6) is 0.791. The summed E-state index contributed by atoms with van der Waals surface area (Å²) >= 11 is 0. The van der Waals surface area contributed by atoms with Crippen LogP contribution in [0.4, 0.5) is 0 Å². The number of nitrogens with one attached hydrogen (secondary N) is 1. The highest BCUT2D eigenvalue weighted by Crippen LogP contribution is 2.25. The molecule has 1 saturated heterocycles. The first kappa shape index (κ1) is 18.4. The normalized spacial score (nSPS) is 17.7. The summed E-state index contributed by atoms with van der Waals surface area (Å²) in [5.41, 5.74) is 1.53. The smallest absolute Gasteiger partial charge is 0.243 e. The van der Waals surface area contributed by atoms with Crippen molar-refractivity contribution in [1.29, 1.82) is 0 Å². The molecule has 1 aliphatic heterocycles. The maximum Gasteiger partial charge on any atom is 0.243 e. The molecule has 2 heterocycles. The van der Waals surface area contributed by atoms with Crippen LogP contribution < -0.4 is 5.32 Å². The van der Waals surface area contributed by atoms with Crippen molar-refractivity contribution in [1.82, 2.24) is 19.8 Å². The zero-order valence-electron chi connectivity index (χ0n) is 16.1. The summed E-state index contributed by atoms with van der Waals surface area (Å²) in [7, 11) is 0. The lowest BCUT2D eigenvalue weighted by atomic mass is 9.94. The number of likely N-dealkylation sites (tertiary alicyclic amines) is 1. The minimum absolute atomic E-state index is 0.0379. The third kappa shape index (κ3) is 3.45. The molecule has 1 aromatic heterocycles. The van der Waals surface area contributed by atoms with E-state index in [-0.39, 0.29) is 17.9 Å². The number of hydrogen-bond acceptors (Lipinski definition) is 3. The highest BCUT2D eigenvalue weighted by atomic mass is 16.2. The van der Waals surface area contributed by atoms with Gasteiger partial charge in [0, 0.05) is 18.5 Å². The molecule has 1 aliphatic rings. The van der Waals surface area contributed by atoms with Gasteiger partial charge in [-0.05, 0) is 31.9 Å². The number of carbonyl (C=O) groups is 2. The van der Waals surface area contributed by atoms with Gasteiger partial charge in [0.2, 0.25) is 11.8 Å². The number of fused-ring (bicyclic) bond motifs is 1. The van der Waals surface area contributed by atoms with Gasteiger partial charge in [0.25, 0.3) is 0 Å². The summed E-state index contributed by atoms with van der Waals surface area (Å²) < 4.78 is 2.11. The Balaban J connectivity index is 1.72. The van der Waals surface area contributed by atoms with Crippen molar-refractivity contribution in [3.8, 4) is 0 Å². The number of nitrogens with zero attached hydrogens (tertiary/aromatic N) is 3. The van der Waals surface area contributed by atoms with E-state index in [1.165, 1.54) is 0 Å². The van der Waals surface area contributed by atoms with Gasteiger partial charge in [0.05, 0.1) is 17.6 Å². The standard InChI is InChI=1S/C20H28N4O2/c1-5-23-15-10-7-6-9-14(15)22-17(23)13-21-18(25)16-11-8-12-24(16)19(26)20(2,3)4/h6-7,9-10,16H,5,8,11-13H2,1-4H3,(H,21,25). The Morgan fingerprint density at radius 3 is 2.69 bits per heavy atom. The third-order valence-electron chi connectivity index (χ3n) is 4.93. The van der Waals surface area contributed by atoms with Crippen molar-refractivity contribution in [3.05, 3.63) is 30.1 Å². The first-order valence-corrected chi connectivity index (χ1v) is 9.36. The number of imidazole rings is 1. The van der Waals surface area contributed by atoms with Crippen LogP contribution in [0.25, 0.3) is 11.0 Å². The Bertz CT molecular complexity index is 819. The topological polar surface area (TPSA) is 67.2 Å². The number of aromatic nitrogens is 2. The molecule has 0 saturated carbocycles. The zero-order valence-corrected chi connectivity index (χ0v) is 16.1. The Labute approximate surface area is 154 Å². The van der Waals surface area contributed by atoms with Crippen molar-refractivity contribution in [2.75, 3.05) is 6.54 Å². The van der Waals surface area contributed by atoms with E-state index in [1.54, 1.807) is 4.90 Å². The van der Waals surface area contributed by atoms with Gasteiger partial charge in [-0.1, -0.05) is 32.9 Å². The molecular formula is C20H28N4O2. The number of hydrogen-bond donors (Lipinski definition) is 1. The van der Waals surface area contributed by atoms with Crippen LogP contribution >= 0.6 is 0 Å². The monoisotopic (exact) mass is 356 g/mol. The molecule has 140 valence electrons. The Morgan fingerprint density at radius 2 is 2.00 bits per heavy atom. The lowest BCUT2D eigenvalue weighted by Gasteiger charge is -2.30. The van der Waals surface area contributed by atoms with E-state index in [0.717, 1.165) is 36.2 Å². The van der Waals surface area contributed by atoms with Crippen LogP contribution in [0.5, 0.6) is 0 Å². The van der Waals surface area contributed by atoms with Crippen LogP contribution in [0.1, 0.15) is 46.4 Å². The third-order valence-corrected chi connectivity index (χ3v) is 4.93. The van der Waals surface area contributed by atoms with Crippen LogP contribution in [0.15, 0.2) is 24.3 Å². The Hall–Kier alpha value is -2.37. The summed E-state index contributed by atoms with van der Waals surface area (Å²) in [6.45, 7) is 9.58. The lowest BCUT2D eigenvalue weighted by Crippen LogP contribution is -2.49. The molecule has 0 aliphatic carbocycles. The summed E-state index contributed by atoms with van der Waals surface area (Å²) in [4.78, 5) is 31.7. The average molecular weight is 356 g/mol. The van der Waals surface area contributed by atoms with Gasteiger partial charge in [-0.2, -0.15) is 0 Å². The van der Waals surface area contributed by atoms with Gasteiger partial charge in [0.15, 0.2) is 0 Å². The maximum absolute atomic E-state index is 12.7. The Kier molecular flexibility index (Phi) is 5.03. The van der Waals surface area contributed by atoms with Crippen LogP contribution in [0.3, 0.4) is 0 Å². The summed E-state index contributed by atoms with van der Waals surface area (Å²) in [5, 5.41) is 3.00. The van der Waals surface area contributed by atoms with Crippen molar-refractivity contribution in [2.24, 2.45) is 5.41 Å². The molecular weight excluding hydrogens is 328 g/mol. The lowest BCUT2D eigenvalue weighted by molar-refractivity contribution is -0.144. The van der Waals surface area contributed by atoms with Crippen LogP contribution in [-0.4, -0.2) is 38.9 Å². The van der Waals surface area contributed by atoms with Crippen molar-refractivity contribution < 1.29 is 9.59 Å². The van der Waals surface area contributed by atoms with Gasteiger partial charge in [0.1, 0.15) is 11.9 Å². The number of benzene rings is 1. The fraction of sp³-hybridized carbons (Fsp3) is 0.550. The molecule has 0 spiro atoms. The molecule has 1 aromatic carbocycles. The second-order valence-corrected chi connectivity index (χ2v) is 7.89. The van der Waals surface area contributed by atoms with E-state index < -0.39 is 5.41 Å². The summed E-state index contributed by atoms with van der Waals surface area (Å²) in [6, 6.07) is 7.60. The number of aryl methyl sites for hydroxylation is 1. The van der Waals surface area contributed by atoms with Gasteiger partial charge >= 0.3 is 0 Å². The van der Waals surface area contributed by atoms with Crippen molar-refractivity contribution in [2.45, 2.75) is 59.7 Å². The van der Waals surface area contributed by atoms with E-state index in [4.69, 9.17) is 0 Å². The molecule has 2 amide bonds. The highest BCUT2D eigenvalue weighted by molar-refractivity contribution is 5.90. The molecule has 0 radical (unpaired) electrons. The van der Waals surface area contributed by atoms with Gasteiger partial charge in [-0.15, -0.1) is 0 Å². The quantitative estimate of drug-likeness (QED) is 0.916. The average Bonchev–Trinajstić information content (AvgIpc) is 3.22. The first-order chi connectivity index (χ1) is 12.3. The second-order valence-electron chi connectivity index (χ2n) is 7.89. The molecule has 0 bridgehead atoms. The predicted octanol–water partition coefficient (Wildman–Crippen LogP) is 2.71. The highest BCUT2D eigenvalue weighted by Gasteiger charge is 2.38. The predicted molar refractivity (Wildman–Crippen MR) is 101 cm³/mol. The van der Waals surface area contributed by atoms with Gasteiger partial charge in [-0.3, -0.25) is 9.59 Å².